The first-order chi connectivity index (χ1) is 7.83. The van der Waals surface area contributed by atoms with E-state index in [1.54, 1.807) is 13.8 Å². The van der Waals surface area contributed by atoms with Crippen LogP contribution in [-0.2, 0) is 0 Å². The van der Waals surface area contributed by atoms with Crippen molar-refractivity contribution >= 4 is 13.1 Å². The fraction of sp³-hybridized carbons (Fsp3) is 0.300. The summed E-state index contributed by atoms with van der Waals surface area (Å²) in [5, 5.41) is 18.5. The van der Waals surface area contributed by atoms with Gasteiger partial charge in [0.25, 0.3) is 0 Å². The molecule has 1 aromatic carbocycles. The van der Waals surface area contributed by atoms with Crippen molar-refractivity contribution in [3.63, 3.8) is 0 Å². The molecule has 1 aromatic rings. The summed E-state index contributed by atoms with van der Waals surface area (Å²) in [7, 11) is -1.37. The van der Waals surface area contributed by atoms with Crippen LogP contribution in [-0.4, -0.2) is 28.7 Å². The molecule has 0 fully saturated rings. The Morgan fingerprint density at radius 2 is 2.12 bits per heavy atom. The van der Waals surface area contributed by atoms with Crippen molar-refractivity contribution < 1.29 is 28.7 Å². The Morgan fingerprint density at radius 1 is 1.47 bits per heavy atom. The maximum atomic E-state index is 13.3. The van der Waals surface area contributed by atoms with Crippen molar-refractivity contribution in [1.82, 2.24) is 0 Å². The zero-order valence-corrected chi connectivity index (χ0v) is 9.23. The van der Waals surface area contributed by atoms with Crippen LogP contribution in [0.4, 0.5) is 4.39 Å². The van der Waals surface area contributed by atoms with E-state index in [-0.39, 0.29) is 11.5 Å². The minimum atomic E-state index is -1.48. The topological polar surface area (TPSA) is 76.0 Å². The number of carboxylic acids is 1. The van der Waals surface area contributed by atoms with Crippen LogP contribution in [0.15, 0.2) is 12.1 Å². The van der Waals surface area contributed by atoms with Gasteiger partial charge in [0.1, 0.15) is 11.4 Å². The number of carbonyl (C=O) groups is 1. The first-order valence-electron chi connectivity index (χ1n) is 4.92. The third-order valence-electron chi connectivity index (χ3n) is 2.48. The summed E-state index contributed by atoms with van der Waals surface area (Å²) in [5.74, 6) is -2.61. The average molecular weight is 240 g/mol. The maximum absolute atomic E-state index is 13.3. The first-order valence-corrected chi connectivity index (χ1v) is 4.92. The highest BCUT2D eigenvalue weighted by Crippen LogP contribution is 2.40. The van der Waals surface area contributed by atoms with Crippen molar-refractivity contribution in [3.05, 3.63) is 23.5 Å². The number of hydrogen-bond acceptors (Lipinski definition) is 4. The molecule has 2 rings (SSSR count). The molecule has 0 spiro atoms. The van der Waals surface area contributed by atoms with E-state index in [0.717, 1.165) is 6.07 Å². The minimum absolute atomic E-state index is 0.0964. The fourth-order valence-corrected chi connectivity index (χ4v) is 1.52. The van der Waals surface area contributed by atoms with Crippen LogP contribution in [0.2, 0.25) is 0 Å². The third kappa shape index (κ3) is 1.82. The highest BCUT2D eigenvalue weighted by molar-refractivity contribution is 6.48. The second-order valence-corrected chi connectivity index (χ2v) is 4.23. The van der Waals surface area contributed by atoms with Gasteiger partial charge in [-0.25, -0.2) is 9.18 Å². The highest BCUT2D eigenvalue weighted by atomic mass is 19.1. The lowest BCUT2D eigenvalue weighted by molar-refractivity contribution is 0.0680. The van der Waals surface area contributed by atoms with E-state index >= 15 is 0 Å². The van der Waals surface area contributed by atoms with Gasteiger partial charge < -0.3 is 19.5 Å². The second kappa shape index (κ2) is 3.63. The zero-order chi connectivity index (χ0) is 12.8. The van der Waals surface area contributed by atoms with E-state index in [1.165, 1.54) is 6.07 Å². The van der Waals surface area contributed by atoms with Crippen LogP contribution < -0.4 is 9.39 Å². The van der Waals surface area contributed by atoms with Crippen LogP contribution in [0, 0.1) is 5.82 Å². The predicted octanol–water partition coefficient (Wildman–Crippen LogP) is 1.09. The molecular weight excluding hydrogens is 230 g/mol. The van der Waals surface area contributed by atoms with E-state index in [2.05, 4.69) is 0 Å². The van der Waals surface area contributed by atoms with Gasteiger partial charge in [-0.3, -0.25) is 0 Å². The average Bonchev–Trinajstić information content (AvgIpc) is 2.19. The van der Waals surface area contributed by atoms with E-state index in [9.17, 15) is 14.2 Å². The molecule has 2 N–H and O–H groups in total. The van der Waals surface area contributed by atoms with Crippen molar-refractivity contribution in [1.29, 1.82) is 0 Å². The Bertz CT molecular complexity index is 488. The normalized spacial score (nSPS) is 16.8. The number of ether oxygens (including phenoxy) is 1. The van der Waals surface area contributed by atoms with Gasteiger partial charge in [-0.1, -0.05) is 0 Å². The van der Waals surface area contributed by atoms with Gasteiger partial charge in [0.15, 0.2) is 17.0 Å². The summed E-state index contributed by atoms with van der Waals surface area (Å²) in [6.07, 6.45) is 0. The number of aromatic carboxylic acids is 1. The predicted molar refractivity (Wildman–Crippen MR) is 56.7 cm³/mol. The number of rotatable bonds is 1. The van der Waals surface area contributed by atoms with Crippen molar-refractivity contribution in [3.8, 4) is 11.5 Å². The van der Waals surface area contributed by atoms with Gasteiger partial charge in [0, 0.05) is 0 Å². The Hall–Kier alpha value is -1.76. The van der Waals surface area contributed by atoms with Crippen LogP contribution in [0.25, 0.3) is 0 Å². The number of benzene rings is 1. The Labute approximate surface area is 96.9 Å². The SMILES string of the molecule is CC1(C)Oc2ccc(F)c(C(=O)O)c2OB1O. The van der Waals surface area contributed by atoms with Gasteiger partial charge in [-0.15, -0.1) is 0 Å². The smallest absolute Gasteiger partial charge is 0.530 e. The molecule has 0 radical (unpaired) electrons. The lowest BCUT2D eigenvalue weighted by atomic mass is 9.69. The van der Waals surface area contributed by atoms with Crippen molar-refractivity contribution in [2.45, 2.75) is 19.3 Å². The molecular formula is C10H10BFO5. The van der Waals surface area contributed by atoms with Crippen molar-refractivity contribution in [2.24, 2.45) is 0 Å². The van der Waals surface area contributed by atoms with Crippen LogP contribution in [0.5, 0.6) is 11.5 Å². The summed E-state index contributed by atoms with van der Waals surface area (Å²) in [6.45, 7) is 3.15. The van der Waals surface area contributed by atoms with Gasteiger partial charge in [-0.05, 0) is 26.0 Å². The quantitative estimate of drug-likeness (QED) is 0.718. The molecule has 0 saturated heterocycles. The van der Waals surface area contributed by atoms with Gasteiger partial charge in [-0.2, -0.15) is 0 Å². The molecule has 0 unspecified atom stereocenters. The monoisotopic (exact) mass is 240 g/mol. The van der Waals surface area contributed by atoms with E-state index < -0.39 is 30.0 Å². The number of halogens is 1. The number of fused-ring (bicyclic) bond motifs is 1. The molecule has 0 saturated carbocycles. The number of hydrogen-bond donors (Lipinski definition) is 2. The molecule has 17 heavy (non-hydrogen) atoms. The zero-order valence-electron chi connectivity index (χ0n) is 9.23. The van der Waals surface area contributed by atoms with Gasteiger partial charge in [0.2, 0.25) is 0 Å². The summed E-state index contributed by atoms with van der Waals surface area (Å²) in [5.41, 5.74) is -1.67. The molecule has 0 aromatic heterocycles. The molecule has 0 atom stereocenters. The van der Waals surface area contributed by atoms with Gasteiger partial charge in [0.05, 0.1) is 0 Å². The number of carboxylic acid groups (broad SMARTS) is 1. The highest BCUT2D eigenvalue weighted by Gasteiger charge is 2.46. The fourth-order valence-electron chi connectivity index (χ4n) is 1.52. The van der Waals surface area contributed by atoms with E-state index in [1.807, 2.05) is 0 Å². The van der Waals surface area contributed by atoms with Crippen LogP contribution in [0.3, 0.4) is 0 Å². The molecule has 0 bridgehead atoms. The molecule has 1 aliphatic heterocycles. The van der Waals surface area contributed by atoms with E-state index in [0.29, 0.717) is 0 Å². The Kier molecular flexibility index (Phi) is 2.50. The lowest BCUT2D eigenvalue weighted by Crippen LogP contribution is -2.52. The molecule has 1 heterocycles. The van der Waals surface area contributed by atoms with Crippen molar-refractivity contribution in [2.75, 3.05) is 0 Å². The third-order valence-corrected chi connectivity index (χ3v) is 2.48. The molecule has 1 aliphatic rings. The Morgan fingerprint density at radius 3 is 2.71 bits per heavy atom. The lowest BCUT2D eigenvalue weighted by Gasteiger charge is -2.34. The molecule has 0 amide bonds. The van der Waals surface area contributed by atoms with E-state index in [4.69, 9.17) is 14.5 Å². The molecule has 0 aliphatic carbocycles. The van der Waals surface area contributed by atoms with Gasteiger partial charge >= 0.3 is 13.1 Å². The molecule has 7 heteroatoms. The standard InChI is InChI=1S/C10H10BFO5/c1-10(2)11(15)17-8-6(16-10)4-3-5(12)7(8)9(13)14/h3-4,15H,1-2H3,(H,13,14). The summed E-state index contributed by atoms with van der Waals surface area (Å²) in [6, 6.07) is 2.25. The Balaban J connectivity index is 2.58. The van der Waals surface area contributed by atoms with Crippen LogP contribution in [0.1, 0.15) is 24.2 Å². The molecule has 5 nitrogen and oxygen atoms in total. The first kappa shape index (κ1) is 11.7. The summed E-state index contributed by atoms with van der Waals surface area (Å²) >= 11 is 0. The largest absolute Gasteiger partial charge is 0.569 e. The van der Waals surface area contributed by atoms with Crippen LogP contribution >= 0.6 is 0 Å². The maximum Gasteiger partial charge on any atom is 0.569 e. The second-order valence-electron chi connectivity index (χ2n) is 4.23. The molecule has 90 valence electrons. The summed E-state index contributed by atoms with van der Waals surface area (Å²) in [4.78, 5) is 10.9. The summed E-state index contributed by atoms with van der Waals surface area (Å²) < 4.78 is 23.8. The minimum Gasteiger partial charge on any atom is -0.530 e.